The van der Waals surface area contributed by atoms with E-state index < -0.39 is 0 Å². The first-order valence-corrected chi connectivity index (χ1v) is 4.80. The summed E-state index contributed by atoms with van der Waals surface area (Å²) in [5, 5.41) is 2.06. The van der Waals surface area contributed by atoms with Crippen molar-refractivity contribution in [2.45, 2.75) is 6.92 Å². The van der Waals surface area contributed by atoms with E-state index in [2.05, 4.69) is 0 Å². The van der Waals surface area contributed by atoms with Crippen molar-refractivity contribution < 1.29 is 9.53 Å². The lowest BCUT2D eigenvalue weighted by molar-refractivity contribution is 0.101. The van der Waals surface area contributed by atoms with Crippen molar-refractivity contribution in [2.75, 3.05) is 7.11 Å². The molecule has 0 bridgehead atoms. The molecule has 15 heavy (non-hydrogen) atoms. The van der Waals surface area contributed by atoms with Gasteiger partial charge in [-0.15, -0.1) is 0 Å². The Morgan fingerprint density at radius 3 is 2.67 bits per heavy atom. The largest absolute Gasteiger partial charge is 0.496 e. The van der Waals surface area contributed by atoms with Crippen LogP contribution >= 0.6 is 0 Å². The molecular weight excluding hydrogens is 188 g/mol. The molecule has 2 rings (SSSR count). The van der Waals surface area contributed by atoms with E-state index in [1.807, 2.05) is 36.4 Å². The maximum Gasteiger partial charge on any atom is 0.159 e. The monoisotopic (exact) mass is 200 g/mol. The quantitative estimate of drug-likeness (QED) is 0.696. The van der Waals surface area contributed by atoms with Crippen LogP contribution < -0.4 is 4.74 Å². The van der Waals surface area contributed by atoms with E-state index in [0.29, 0.717) is 5.56 Å². The Balaban J connectivity index is 2.72. The van der Waals surface area contributed by atoms with E-state index in [1.54, 1.807) is 14.0 Å². The topological polar surface area (TPSA) is 26.3 Å². The van der Waals surface area contributed by atoms with E-state index in [4.69, 9.17) is 4.74 Å². The Hall–Kier alpha value is -1.83. The second-order valence-corrected chi connectivity index (χ2v) is 3.45. The van der Waals surface area contributed by atoms with Crippen LogP contribution in [0.1, 0.15) is 17.3 Å². The average molecular weight is 200 g/mol. The highest BCUT2D eigenvalue weighted by atomic mass is 16.5. The zero-order valence-corrected chi connectivity index (χ0v) is 8.78. The molecule has 2 aromatic carbocycles. The van der Waals surface area contributed by atoms with E-state index in [1.165, 1.54) is 0 Å². The second-order valence-electron chi connectivity index (χ2n) is 3.45. The van der Waals surface area contributed by atoms with Gasteiger partial charge < -0.3 is 4.74 Å². The minimum Gasteiger partial charge on any atom is -0.496 e. The molecule has 0 saturated carbocycles. The number of carbonyl (C=O) groups is 1. The number of Topliss-reactive ketones (excluding diaryl/α,β-unsaturated/α-hetero) is 1. The fourth-order valence-electron chi connectivity index (χ4n) is 1.64. The summed E-state index contributed by atoms with van der Waals surface area (Å²) in [6, 6.07) is 11.5. The molecule has 0 unspecified atom stereocenters. The standard InChI is InChI=1S/C13H12O2/c1-9(14)11-7-6-10-4-3-5-13(15-2)12(10)8-11/h3-8H,1-2H3. The summed E-state index contributed by atoms with van der Waals surface area (Å²) in [4.78, 5) is 11.2. The molecule has 0 radical (unpaired) electrons. The number of hydrogen-bond donors (Lipinski definition) is 0. The van der Waals surface area contributed by atoms with Crippen molar-refractivity contribution in [1.82, 2.24) is 0 Å². The maximum atomic E-state index is 11.2. The van der Waals surface area contributed by atoms with Crippen LogP contribution in [-0.4, -0.2) is 12.9 Å². The van der Waals surface area contributed by atoms with Crippen molar-refractivity contribution >= 4 is 16.6 Å². The predicted octanol–water partition coefficient (Wildman–Crippen LogP) is 3.05. The van der Waals surface area contributed by atoms with Crippen LogP contribution in [0, 0.1) is 0 Å². The van der Waals surface area contributed by atoms with Gasteiger partial charge >= 0.3 is 0 Å². The van der Waals surface area contributed by atoms with Crippen LogP contribution in [0.25, 0.3) is 10.8 Å². The fourth-order valence-corrected chi connectivity index (χ4v) is 1.64. The SMILES string of the molecule is COc1cccc2ccc(C(C)=O)cc12. The normalized spacial score (nSPS) is 10.3. The van der Waals surface area contributed by atoms with Gasteiger partial charge in [0.15, 0.2) is 5.78 Å². The maximum absolute atomic E-state index is 11.2. The molecule has 0 atom stereocenters. The smallest absolute Gasteiger partial charge is 0.159 e. The number of ether oxygens (including phenoxy) is 1. The van der Waals surface area contributed by atoms with Gasteiger partial charge in [0.1, 0.15) is 5.75 Å². The van der Waals surface area contributed by atoms with Gasteiger partial charge in [0.2, 0.25) is 0 Å². The van der Waals surface area contributed by atoms with Crippen LogP contribution in [0.4, 0.5) is 0 Å². The van der Waals surface area contributed by atoms with Crippen molar-refractivity contribution in [1.29, 1.82) is 0 Å². The molecule has 0 heterocycles. The number of methoxy groups -OCH3 is 1. The minimum absolute atomic E-state index is 0.0720. The van der Waals surface area contributed by atoms with Crippen LogP contribution in [0.15, 0.2) is 36.4 Å². The van der Waals surface area contributed by atoms with Crippen LogP contribution in [0.3, 0.4) is 0 Å². The molecule has 0 amide bonds. The average Bonchev–Trinajstić information content (AvgIpc) is 2.27. The van der Waals surface area contributed by atoms with Gasteiger partial charge in [0.25, 0.3) is 0 Å². The van der Waals surface area contributed by atoms with Gasteiger partial charge in [-0.3, -0.25) is 4.79 Å². The molecule has 0 fully saturated rings. The molecule has 0 aromatic heterocycles. The lowest BCUT2D eigenvalue weighted by Gasteiger charge is -2.06. The zero-order valence-electron chi connectivity index (χ0n) is 8.78. The van der Waals surface area contributed by atoms with Gasteiger partial charge in [0.05, 0.1) is 7.11 Å². The van der Waals surface area contributed by atoms with Gasteiger partial charge in [-0.2, -0.15) is 0 Å². The lowest BCUT2D eigenvalue weighted by atomic mass is 10.0. The number of hydrogen-bond acceptors (Lipinski definition) is 2. The molecule has 2 aromatic rings. The van der Waals surface area contributed by atoms with Gasteiger partial charge in [-0.25, -0.2) is 0 Å². The molecule has 0 N–H and O–H groups in total. The van der Waals surface area contributed by atoms with Crippen LogP contribution in [0.5, 0.6) is 5.75 Å². The summed E-state index contributed by atoms with van der Waals surface area (Å²) < 4.78 is 5.25. The van der Waals surface area contributed by atoms with Gasteiger partial charge in [0, 0.05) is 10.9 Å². The Kier molecular flexibility index (Phi) is 2.42. The zero-order chi connectivity index (χ0) is 10.8. The third-order valence-electron chi connectivity index (χ3n) is 2.47. The van der Waals surface area contributed by atoms with Crippen molar-refractivity contribution in [3.05, 3.63) is 42.0 Å². The number of carbonyl (C=O) groups excluding carboxylic acids is 1. The lowest BCUT2D eigenvalue weighted by Crippen LogP contribution is -1.92. The van der Waals surface area contributed by atoms with E-state index in [-0.39, 0.29) is 5.78 Å². The van der Waals surface area contributed by atoms with Crippen LogP contribution in [-0.2, 0) is 0 Å². The predicted molar refractivity (Wildman–Crippen MR) is 60.5 cm³/mol. The summed E-state index contributed by atoms with van der Waals surface area (Å²) in [6.45, 7) is 1.57. The van der Waals surface area contributed by atoms with Crippen molar-refractivity contribution in [2.24, 2.45) is 0 Å². The number of ketones is 1. The number of benzene rings is 2. The summed E-state index contributed by atoms with van der Waals surface area (Å²) in [5.41, 5.74) is 0.715. The molecular formula is C13H12O2. The number of rotatable bonds is 2. The first-order valence-electron chi connectivity index (χ1n) is 4.80. The third kappa shape index (κ3) is 1.71. The minimum atomic E-state index is 0.0720. The molecule has 2 heteroatoms. The molecule has 0 spiro atoms. The summed E-state index contributed by atoms with van der Waals surface area (Å²) >= 11 is 0. The molecule has 0 saturated heterocycles. The Labute approximate surface area is 88.5 Å². The summed E-state index contributed by atoms with van der Waals surface area (Å²) in [6.07, 6.45) is 0. The first kappa shape index (κ1) is 9.71. The van der Waals surface area contributed by atoms with Crippen LogP contribution in [0.2, 0.25) is 0 Å². The highest BCUT2D eigenvalue weighted by Gasteiger charge is 2.04. The Morgan fingerprint density at radius 1 is 1.20 bits per heavy atom. The highest BCUT2D eigenvalue weighted by molar-refractivity contribution is 6.00. The molecule has 0 aliphatic carbocycles. The summed E-state index contributed by atoms with van der Waals surface area (Å²) in [7, 11) is 1.63. The molecule has 76 valence electrons. The third-order valence-corrected chi connectivity index (χ3v) is 2.47. The molecule has 0 aliphatic heterocycles. The van der Waals surface area contributed by atoms with Gasteiger partial charge in [-0.1, -0.05) is 24.3 Å². The van der Waals surface area contributed by atoms with E-state index >= 15 is 0 Å². The fraction of sp³-hybridized carbons (Fsp3) is 0.154. The van der Waals surface area contributed by atoms with Gasteiger partial charge in [-0.05, 0) is 24.4 Å². The molecule has 0 aliphatic rings. The first-order chi connectivity index (χ1) is 7.22. The summed E-state index contributed by atoms with van der Waals surface area (Å²) in [5.74, 6) is 0.874. The van der Waals surface area contributed by atoms with Crippen molar-refractivity contribution in [3.63, 3.8) is 0 Å². The molecule has 2 nitrogen and oxygen atoms in total. The Morgan fingerprint density at radius 2 is 2.00 bits per heavy atom. The van der Waals surface area contributed by atoms with Crippen molar-refractivity contribution in [3.8, 4) is 5.75 Å². The highest BCUT2D eigenvalue weighted by Crippen LogP contribution is 2.26. The van der Waals surface area contributed by atoms with E-state index in [9.17, 15) is 4.79 Å². The number of fused-ring (bicyclic) bond motifs is 1. The Bertz CT molecular complexity index is 515. The second kappa shape index (κ2) is 3.73. The van der Waals surface area contributed by atoms with E-state index in [0.717, 1.165) is 16.5 Å².